The number of fused-ring (bicyclic) bond motifs is 1. The predicted octanol–water partition coefficient (Wildman–Crippen LogP) is 2.30. The summed E-state index contributed by atoms with van der Waals surface area (Å²) in [6, 6.07) is 1.77. The molecule has 2 aliphatic rings. The number of H-pyrrole nitrogens is 1. The van der Waals surface area contributed by atoms with E-state index in [9.17, 15) is 14.4 Å². The van der Waals surface area contributed by atoms with Crippen molar-refractivity contribution < 1.29 is 9.59 Å². The zero-order valence-corrected chi connectivity index (χ0v) is 13.1. The molecule has 3 rings (SSSR count). The van der Waals surface area contributed by atoms with Gasteiger partial charge in [0, 0.05) is 29.8 Å². The lowest BCUT2D eigenvalue weighted by Gasteiger charge is -2.39. The molecule has 0 aromatic carbocycles. The van der Waals surface area contributed by atoms with Gasteiger partial charge in [-0.2, -0.15) is 0 Å². The first-order valence-electron chi connectivity index (χ1n) is 8.11. The second-order valence-electron chi connectivity index (χ2n) is 6.52. The molecule has 0 unspecified atom stereocenters. The van der Waals surface area contributed by atoms with Gasteiger partial charge in [0.15, 0.2) is 5.78 Å². The number of carbonyl (C=O) groups excluding carboxylic acids is 2. The number of nitrogens with one attached hydrogen (secondary N) is 1. The van der Waals surface area contributed by atoms with Crippen molar-refractivity contribution in [1.29, 1.82) is 0 Å². The van der Waals surface area contributed by atoms with Crippen molar-refractivity contribution in [3.63, 3.8) is 0 Å². The molecule has 1 saturated heterocycles. The number of aromatic nitrogens is 1. The minimum atomic E-state index is -0.372. The summed E-state index contributed by atoms with van der Waals surface area (Å²) < 4.78 is 0. The third kappa shape index (κ3) is 2.49. The molecule has 118 valence electrons. The topological polar surface area (TPSA) is 70.2 Å². The molecule has 1 aromatic rings. The van der Waals surface area contributed by atoms with Gasteiger partial charge in [0.05, 0.1) is 0 Å². The Hall–Kier alpha value is -1.91. The van der Waals surface area contributed by atoms with E-state index in [1.165, 1.54) is 6.07 Å². The highest BCUT2D eigenvalue weighted by Gasteiger charge is 2.32. The Morgan fingerprint density at radius 3 is 2.50 bits per heavy atom. The van der Waals surface area contributed by atoms with Gasteiger partial charge in [0.2, 0.25) is 0 Å². The summed E-state index contributed by atoms with van der Waals surface area (Å²) in [5.74, 6) is -0.228. The van der Waals surface area contributed by atoms with Gasteiger partial charge in [-0.15, -0.1) is 0 Å². The number of carbonyl (C=O) groups is 2. The minimum Gasteiger partial charge on any atom is -0.333 e. The van der Waals surface area contributed by atoms with Crippen LogP contribution < -0.4 is 5.56 Å². The maximum atomic E-state index is 12.8. The van der Waals surface area contributed by atoms with E-state index in [-0.39, 0.29) is 34.9 Å². The van der Waals surface area contributed by atoms with Crippen LogP contribution in [0.5, 0.6) is 0 Å². The zero-order chi connectivity index (χ0) is 15.9. The number of aromatic amines is 1. The van der Waals surface area contributed by atoms with E-state index < -0.39 is 0 Å². The highest BCUT2D eigenvalue weighted by atomic mass is 16.2. The molecule has 1 N–H and O–H groups in total. The summed E-state index contributed by atoms with van der Waals surface area (Å²) in [5, 5.41) is 0. The van der Waals surface area contributed by atoms with E-state index in [0.717, 1.165) is 25.7 Å². The molecule has 22 heavy (non-hydrogen) atoms. The smallest absolute Gasteiger partial charge is 0.261 e. The number of Topliss-reactive ketones (excluding diaryl/α,β-unsaturated/α-hetero) is 1. The summed E-state index contributed by atoms with van der Waals surface area (Å²) in [6.45, 7) is 4.04. The molecule has 1 aromatic heterocycles. The summed E-state index contributed by atoms with van der Waals surface area (Å²) in [7, 11) is 0. The Balaban J connectivity index is 2.01. The molecule has 1 aliphatic heterocycles. The van der Waals surface area contributed by atoms with Crippen LogP contribution in [0.3, 0.4) is 0 Å². The molecule has 0 saturated carbocycles. The van der Waals surface area contributed by atoms with Crippen LogP contribution in [0, 0.1) is 0 Å². The average molecular weight is 302 g/mol. The van der Waals surface area contributed by atoms with Crippen LogP contribution in [0.25, 0.3) is 0 Å². The zero-order valence-electron chi connectivity index (χ0n) is 13.1. The first-order valence-corrected chi connectivity index (χ1v) is 8.11. The second-order valence-corrected chi connectivity index (χ2v) is 6.52. The van der Waals surface area contributed by atoms with Crippen LogP contribution in [0.4, 0.5) is 0 Å². The van der Waals surface area contributed by atoms with Crippen LogP contribution in [0.2, 0.25) is 0 Å². The van der Waals surface area contributed by atoms with E-state index in [2.05, 4.69) is 4.98 Å². The number of likely N-dealkylation sites (tertiary alicyclic amines) is 1. The molecule has 5 nitrogen and oxygen atoms in total. The standard InChI is InChI=1S/C17H22N2O3/c1-10-5-3-6-11(2)19(10)17(22)13-9-12-14(18-16(13)21)7-4-8-15(12)20/h9-11H,3-8H2,1-2H3,(H,18,21)/t10-,11-/m1/s1. The summed E-state index contributed by atoms with van der Waals surface area (Å²) >= 11 is 0. The fourth-order valence-electron chi connectivity index (χ4n) is 3.69. The minimum absolute atomic E-state index is 0.0197. The first kappa shape index (κ1) is 15.0. The number of amides is 1. The fraction of sp³-hybridized carbons (Fsp3) is 0.588. The Labute approximate surface area is 129 Å². The molecule has 2 heterocycles. The Kier molecular flexibility index (Phi) is 3.89. The largest absolute Gasteiger partial charge is 0.333 e. The lowest BCUT2D eigenvalue weighted by molar-refractivity contribution is 0.0509. The van der Waals surface area contributed by atoms with E-state index in [1.807, 2.05) is 13.8 Å². The Morgan fingerprint density at radius 1 is 1.14 bits per heavy atom. The Morgan fingerprint density at radius 2 is 1.82 bits per heavy atom. The third-order valence-electron chi connectivity index (χ3n) is 4.91. The van der Waals surface area contributed by atoms with Crippen molar-refractivity contribution in [2.45, 2.75) is 64.5 Å². The van der Waals surface area contributed by atoms with Gasteiger partial charge >= 0.3 is 0 Å². The monoisotopic (exact) mass is 302 g/mol. The van der Waals surface area contributed by atoms with Crippen molar-refractivity contribution in [3.05, 3.63) is 33.2 Å². The highest BCUT2D eigenvalue weighted by molar-refractivity contribution is 6.01. The molecular weight excluding hydrogens is 280 g/mol. The van der Waals surface area contributed by atoms with Crippen molar-refractivity contribution in [3.8, 4) is 0 Å². The molecule has 0 bridgehead atoms. The summed E-state index contributed by atoms with van der Waals surface area (Å²) in [4.78, 5) is 41.7. The molecule has 1 aliphatic carbocycles. The van der Waals surface area contributed by atoms with Gasteiger partial charge in [0.25, 0.3) is 11.5 Å². The molecular formula is C17H22N2O3. The normalized spacial score (nSPS) is 25.0. The number of piperidine rings is 1. The van der Waals surface area contributed by atoms with Crippen LogP contribution in [-0.2, 0) is 6.42 Å². The fourth-order valence-corrected chi connectivity index (χ4v) is 3.69. The molecule has 2 atom stereocenters. The molecule has 0 spiro atoms. The number of aryl methyl sites for hydroxylation is 1. The van der Waals surface area contributed by atoms with E-state index in [1.54, 1.807) is 4.90 Å². The lowest BCUT2D eigenvalue weighted by Crippen LogP contribution is -2.49. The Bertz CT molecular complexity index is 667. The van der Waals surface area contributed by atoms with Crippen molar-refractivity contribution in [2.24, 2.45) is 0 Å². The number of hydrogen-bond donors (Lipinski definition) is 1. The maximum Gasteiger partial charge on any atom is 0.261 e. The van der Waals surface area contributed by atoms with Crippen molar-refractivity contribution in [1.82, 2.24) is 9.88 Å². The maximum absolute atomic E-state index is 12.8. The number of ketones is 1. The SMILES string of the molecule is C[C@@H]1CCC[C@@H](C)N1C(=O)c1cc2c([nH]c1=O)CCCC2=O. The number of rotatable bonds is 1. The number of pyridine rings is 1. The third-order valence-corrected chi connectivity index (χ3v) is 4.91. The van der Waals surface area contributed by atoms with Crippen LogP contribution in [0.1, 0.15) is 72.4 Å². The van der Waals surface area contributed by atoms with Gasteiger partial charge < -0.3 is 9.88 Å². The second kappa shape index (κ2) is 5.71. The number of nitrogens with zero attached hydrogens (tertiary/aromatic N) is 1. The van der Waals surface area contributed by atoms with Gasteiger partial charge in [0.1, 0.15) is 5.56 Å². The van der Waals surface area contributed by atoms with Gasteiger partial charge in [-0.25, -0.2) is 0 Å². The number of hydrogen-bond acceptors (Lipinski definition) is 3. The van der Waals surface area contributed by atoms with Gasteiger partial charge in [-0.3, -0.25) is 14.4 Å². The van der Waals surface area contributed by atoms with E-state index >= 15 is 0 Å². The van der Waals surface area contributed by atoms with E-state index in [0.29, 0.717) is 24.1 Å². The van der Waals surface area contributed by atoms with Crippen molar-refractivity contribution in [2.75, 3.05) is 0 Å². The average Bonchev–Trinajstić information content (AvgIpc) is 2.46. The first-order chi connectivity index (χ1) is 10.5. The van der Waals surface area contributed by atoms with Gasteiger partial charge in [-0.05, 0) is 52.0 Å². The van der Waals surface area contributed by atoms with Crippen LogP contribution >= 0.6 is 0 Å². The van der Waals surface area contributed by atoms with Crippen LogP contribution in [-0.4, -0.2) is 33.7 Å². The summed E-state index contributed by atoms with van der Waals surface area (Å²) in [5.41, 5.74) is 0.932. The van der Waals surface area contributed by atoms with Crippen LogP contribution in [0.15, 0.2) is 10.9 Å². The molecule has 5 heteroatoms. The lowest BCUT2D eigenvalue weighted by atomic mass is 9.92. The van der Waals surface area contributed by atoms with Gasteiger partial charge in [-0.1, -0.05) is 0 Å². The summed E-state index contributed by atoms with van der Waals surface area (Å²) in [6.07, 6.45) is 4.96. The van der Waals surface area contributed by atoms with E-state index in [4.69, 9.17) is 0 Å². The quantitative estimate of drug-likeness (QED) is 0.865. The predicted molar refractivity (Wildman–Crippen MR) is 83.3 cm³/mol. The molecule has 1 fully saturated rings. The molecule has 1 amide bonds. The van der Waals surface area contributed by atoms with Crippen molar-refractivity contribution >= 4 is 11.7 Å². The molecule has 0 radical (unpaired) electrons. The highest BCUT2D eigenvalue weighted by Crippen LogP contribution is 2.25.